The lowest BCUT2D eigenvalue weighted by molar-refractivity contribution is -0.115. The number of carbonyl (C=O) groups is 1. The van der Waals surface area contributed by atoms with E-state index in [1.165, 1.54) is 23.9 Å². The number of nitrogens with zero attached hydrogens (tertiary/aromatic N) is 2. The minimum Gasteiger partial charge on any atom is -0.324 e. The van der Waals surface area contributed by atoms with Crippen molar-refractivity contribution in [3.05, 3.63) is 39.5 Å². The molecule has 1 heterocycles. The molecule has 2 N–H and O–H groups in total. The summed E-state index contributed by atoms with van der Waals surface area (Å²) in [5.74, 6) is -0.776. The number of aromatic nitrogens is 3. The van der Waals surface area contributed by atoms with Gasteiger partial charge < -0.3 is 5.32 Å². The van der Waals surface area contributed by atoms with Crippen molar-refractivity contribution in [3.63, 3.8) is 0 Å². The Morgan fingerprint density at radius 2 is 2.30 bits per heavy atom. The van der Waals surface area contributed by atoms with E-state index in [0.29, 0.717) is 10.8 Å². The number of halogens is 2. The van der Waals surface area contributed by atoms with Crippen LogP contribution in [0.5, 0.6) is 0 Å². The summed E-state index contributed by atoms with van der Waals surface area (Å²) < 4.78 is 14.6. The van der Waals surface area contributed by atoms with Crippen molar-refractivity contribution in [2.24, 2.45) is 0 Å². The highest BCUT2D eigenvalue weighted by Gasteiger charge is 2.30. The van der Waals surface area contributed by atoms with E-state index >= 15 is 0 Å². The number of H-pyrrole nitrogens is 1. The molecule has 1 fully saturated rings. The van der Waals surface area contributed by atoms with Gasteiger partial charge in [-0.15, -0.1) is 5.10 Å². The van der Waals surface area contributed by atoms with Gasteiger partial charge in [0.2, 0.25) is 5.91 Å². The molecule has 1 aliphatic carbocycles. The first-order valence-electron chi connectivity index (χ1n) is 7.05. The third-order valence-electron chi connectivity index (χ3n) is 3.42. The lowest BCUT2D eigenvalue weighted by Crippen LogP contribution is -2.24. The molecule has 0 bridgehead atoms. The second-order valence-corrected chi connectivity index (χ2v) is 7.00. The number of aromatic amines is 1. The fourth-order valence-electron chi connectivity index (χ4n) is 2.06. The topological polar surface area (TPSA) is 79.8 Å². The summed E-state index contributed by atoms with van der Waals surface area (Å²) in [6, 6.07) is 3.93. The van der Waals surface area contributed by atoms with Crippen LogP contribution in [0.2, 0.25) is 5.02 Å². The van der Waals surface area contributed by atoms with Crippen LogP contribution in [-0.4, -0.2) is 25.9 Å². The fourth-order valence-corrected chi connectivity index (χ4v) is 3.21. The molecule has 9 heteroatoms. The number of nitrogens with one attached hydrogen (secondary N) is 2. The Morgan fingerprint density at radius 1 is 1.57 bits per heavy atom. The predicted octanol–water partition coefficient (Wildman–Crippen LogP) is 2.82. The van der Waals surface area contributed by atoms with E-state index in [1.807, 2.05) is 0 Å². The van der Waals surface area contributed by atoms with Crippen molar-refractivity contribution >= 4 is 35.0 Å². The highest BCUT2D eigenvalue weighted by Crippen LogP contribution is 2.37. The highest BCUT2D eigenvalue weighted by atomic mass is 35.5. The first kappa shape index (κ1) is 16.1. The number of hydrogen-bond donors (Lipinski definition) is 2. The SMILES string of the molecule is C[C@H](Sc1n[nH]c(=O)n1C1CC1)C(=O)Nc1ccc(F)cc1Cl. The summed E-state index contributed by atoms with van der Waals surface area (Å²) in [4.78, 5) is 24.0. The molecule has 0 spiro atoms. The molecule has 1 aromatic heterocycles. The molecule has 1 amide bonds. The maximum atomic E-state index is 13.0. The van der Waals surface area contributed by atoms with Gasteiger partial charge in [-0.1, -0.05) is 23.4 Å². The molecule has 122 valence electrons. The van der Waals surface area contributed by atoms with Gasteiger partial charge in [-0.2, -0.15) is 0 Å². The third kappa shape index (κ3) is 3.59. The van der Waals surface area contributed by atoms with Gasteiger partial charge >= 0.3 is 5.69 Å². The van der Waals surface area contributed by atoms with Crippen LogP contribution in [0.4, 0.5) is 10.1 Å². The molecule has 2 aromatic rings. The molecule has 1 aliphatic rings. The maximum absolute atomic E-state index is 13.0. The largest absolute Gasteiger partial charge is 0.344 e. The van der Waals surface area contributed by atoms with Crippen LogP contribution in [-0.2, 0) is 4.79 Å². The monoisotopic (exact) mass is 356 g/mol. The second kappa shape index (κ2) is 6.37. The van der Waals surface area contributed by atoms with Crippen LogP contribution < -0.4 is 11.0 Å². The fraction of sp³-hybridized carbons (Fsp3) is 0.357. The number of amides is 1. The summed E-state index contributed by atoms with van der Waals surface area (Å²) in [5, 5.41) is 9.15. The molecular weight excluding hydrogens is 343 g/mol. The van der Waals surface area contributed by atoms with Gasteiger partial charge in [0.25, 0.3) is 0 Å². The van der Waals surface area contributed by atoms with Gasteiger partial charge in [0.15, 0.2) is 5.16 Å². The summed E-state index contributed by atoms with van der Waals surface area (Å²) in [7, 11) is 0. The van der Waals surface area contributed by atoms with Crippen molar-refractivity contribution in [2.75, 3.05) is 5.32 Å². The molecule has 0 aliphatic heterocycles. The van der Waals surface area contributed by atoms with Gasteiger partial charge in [-0.25, -0.2) is 14.3 Å². The summed E-state index contributed by atoms with van der Waals surface area (Å²) in [6.07, 6.45) is 1.89. The van der Waals surface area contributed by atoms with Crippen LogP contribution in [0.3, 0.4) is 0 Å². The van der Waals surface area contributed by atoms with Crippen molar-refractivity contribution in [2.45, 2.75) is 36.2 Å². The Kier molecular flexibility index (Phi) is 4.45. The minimum atomic E-state index is -0.496. The van der Waals surface area contributed by atoms with E-state index in [0.717, 1.165) is 18.9 Å². The van der Waals surface area contributed by atoms with E-state index in [9.17, 15) is 14.0 Å². The zero-order valence-electron chi connectivity index (χ0n) is 12.2. The maximum Gasteiger partial charge on any atom is 0.344 e. The Morgan fingerprint density at radius 3 is 2.96 bits per heavy atom. The van der Waals surface area contributed by atoms with E-state index in [4.69, 9.17) is 11.6 Å². The predicted molar refractivity (Wildman–Crippen MR) is 86.5 cm³/mol. The van der Waals surface area contributed by atoms with Crippen molar-refractivity contribution < 1.29 is 9.18 Å². The van der Waals surface area contributed by atoms with E-state index in [-0.39, 0.29) is 22.7 Å². The molecule has 23 heavy (non-hydrogen) atoms. The third-order valence-corrected chi connectivity index (χ3v) is 4.80. The number of anilines is 1. The molecule has 6 nitrogen and oxygen atoms in total. The summed E-state index contributed by atoms with van der Waals surface area (Å²) in [5.41, 5.74) is 0.0799. The summed E-state index contributed by atoms with van der Waals surface area (Å²) >= 11 is 7.08. The van der Waals surface area contributed by atoms with E-state index in [2.05, 4.69) is 15.5 Å². The normalized spacial score (nSPS) is 15.4. The first-order valence-corrected chi connectivity index (χ1v) is 8.31. The van der Waals surface area contributed by atoms with Crippen molar-refractivity contribution in [1.82, 2.24) is 14.8 Å². The van der Waals surface area contributed by atoms with E-state index < -0.39 is 11.1 Å². The number of rotatable bonds is 5. The molecular formula is C14H14ClFN4O2S. The van der Waals surface area contributed by atoms with Gasteiger partial charge in [-0.05, 0) is 38.0 Å². The zero-order valence-corrected chi connectivity index (χ0v) is 13.7. The van der Waals surface area contributed by atoms with E-state index in [1.54, 1.807) is 11.5 Å². The van der Waals surface area contributed by atoms with Crippen LogP contribution in [0.15, 0.2) is 28.2 Å². The molecule has 3 rings (SSSR count). The van der Waals surface area contributed by atoms with Gasteiger partial charge in [0.1, 0.15) is 5.82 Å². The average molecular weight is 357 g/mol. The molecule has 0 saturated heterocycles. The highest BCUT2D eigenvalue weighted by molar-refractivity contribution is 8.00. The van der Waals surface area contributed by atoms with Gasteiger partial charge in [-0.3, -0.25) is 9.36 Å². The van der Waals surface area contributed by atoms with Crippen LogP contribution >= 0.6 is 23.4 Å². The van der Waals surface area contributed by atoms with Crippen LogP contribution in [0, 0.1) is 5.82 Å². The first-order chi connectivity index (χ1) is 11.0. The molecule has 1 saturated carbocycles. The minimum absolute atomic E-state index is 0.130. The molecule has 0 radical (unpaired) electrons. The van der Waals surface area contributed by atoms with Crippen LogP contribution in [0.1, 0.15) is 25.8 Å². The number of carbonyl (C=O) groups excluding carboxylic acids is 1. The number of benzene rings is 1. The Hall–Kier alpha value is -1.80. The Bertz CT molecular complexity index is 802. The standard InChI is InChI=1S/C14H14ClFN4O2S/c1-7(12(21)17-11-5-2-8(16)6-10(11)15)23-14-19-18-13(22)20(14)9-3-4-9/h2,5-7,9H,3-4H2,1H3,(H,17,21)(H,18,22)/t7-/m0/s1. The number of thioether (sulfide) groups is 1. The van der Waals surface area contributed by atoms with Crippen LogP contribution in [0.25, 0.3) is 0 Å². The molecule has 1 aromatic carbocycles. The second-order valence-electron chi connectivity index (χ2n) is 5.29. The number of hydrogen-bond acceptors (Lipinski definition) is 4. The van der Waals surface area contributed by atoms with Gasteiger partial charge in [0, 0.05) is 6.04 Å². The smallest absolute Gasteiger partial charge is 0.324 e. The zero-order chi connectivity index (χ0) is 16.6. The Balaban J connectivity index is 1.69. The molecule has 0 unspecified atom stereocenters. The quantitative estimate of drug-likeness (QED) is 0.807. The molecule has 1 atom stereocenters. The Labute approximate surface area is 140 Å². The lowest BCUT2D eigenvalue weighted by atomic mass is 10.3. The van der Waals surface area contributed by atoms with Gasteiger partial charge in [0.05, 0.1) is 16.0 Å². The average Bonchev–Trinajstić information content (AvgIpc) is 3.26. The summed E-state index contributed by atoms with van der Waals surface area (Å²) in [6.45, 7) is 1.70. The van der Waals surface area contributed by atoms with Crippen molar-refractivity contribution in [1.29, 1.82) is 0 Å². The van der Waals surface area contributed by atoms with Crippen molar-refractivity contribution in [3.8, 4) is 0 Å². The lowest BCUT2D eigenvalue weighted by Gasteiger charge is -2.12.